The summed E-state index contributed by atoms with van der Waals surface area (Å²) in [5.41, 5.74) is 1.64. The zero-order valence-corrected chi connectivity index (χ0v) is 20.6. The van der Waals surface area contributed by atoms with Crippen LogP contribution in [-0.4, -0.2) is 43.3 Å². The lowest BCUT2D eigenvalue weighted by atomic mass is 9.83. The maximum atomic E-state index is 13.7. The fourth-order valence-corrected chi connectivity index (χ4v) is 5.24. The molecule has 2 atom stereocenters. The number of carbonyl (C=O) groups is 1. The van der Waals surface area contributed by atoms with Crippen LogP contribution in [0.2, 0.25) is 0 Å². The number of rotatable bonds is 6. The second kappa shape index (κ2) is 11.4. The van der Waals surface area contributed by atoms with Crippen molar-refractivity contribution in [3.63, 3.8) is 0 Å². The van der Waals surface area contributed by atoms with Crippen LogP contribution < -0.4 is 4.74 Å². The zero-order chi connectivity index (χ0) is 26.6. The number of alkyl halides is 3. The molecule has 1 saturated heterocycles. The van der Waals surface area contributed by atoms with Gasteiger partial charge in [-0.25, -0.2) is 9.38 Å². The summed E-state index contributed by atoms with van der Waals surface area (Å²) in [7, 11) is 1.49. The highest BCUT2D eigenvalue weighted by Gasteiger charge is 2.37. The average Bonchev–Trinajstić information content (AvgIpc) is 3.41. The van der Waals surface area contributed by atoms with E-state index in [0.717, 1.165) is 31.2 Å². The third kappa shape index (κ3) is 6.90. The lowest BCUT2D eigenvalue weighted by Crippen LogP contribution is -2.47. The SMILES string of the molecule is C=C(N=C(OC)C1CC(c2ccc(OC(F)(F)F)cc2)CN(C(=O)C2CCCC2)C1)c1cccc(F)c1. The Hall–Kier alpha value is -3.36. The van der Waals surface area contributed by atoms with E-state index in [1.54, 1.807) is 24.3 Å². The normalized spacial score (nSPS) is 21.1. The largest absolute Gasteiger partial charge is 0.573 e. The first-order valence-corrected chi connectivity index (χ1v) is 12.3. The highest BCUT2D eigenvalue weighted by Crippen LogP contribution is 2.36. The number of halogens is 4. The predicted octanol–water partition coefficient (Wildman–Crippen LogP) is 6.56. The van der Waals surface area contributed by atoms with E-state index in [9.17, 15) is 22.4 Å². The number of ether oxygens (including phenoxy) is 2. The fourth-order valence-electron chi connectivity index (χ4n) is 5.24. The number of piperidine rings is 1. The van der Waals surface area contributed by atoms with Gasteiger partial charge in [0.05, 0.1) is 18.7 Å². The second-order valence-electron chi connectivity index (χ2n) is 9.58. The smallest absolute Gasteiger partial charge is 0.484 e. The van der Waals surface area contributed by atoms with Gasteiger partial charge >= 0.3 is 6.36 Å². The topological polar surface area (TPSA) is 51.1 Å². The van der Waals surface area contributed by atoms with Gasteiger partial charge in [-0.2, -0.15) is 0 Å². The van der Waals surface area contributed by atoms with Gasteiger partial charge in [-0.05, 0) is 49.1 Å². The minimum absolute atomic E-state index is 0.0212. The van der Waals surface area contributed by atoms with Crippen LogP contribution in [-0.2, 0) is 9.53 Å². The molecular weight excluding hydrogens is 488 g/mol. The molecule has 1 aliphatic heterocycles. The number of benzene rings is 2. The standard InChI is InChI=1S/C28H30F4N2O3/c1-18(21-8-5-9-24(29)15-21)33-26(36-2)23-14-22(16-34(17-23)27(35)20-6-3-4-7-20)19-10-12-25(13-11-19)37-28(30,31)32/h5,8-13,15,20,22-23H,1,3-4,6-7,14,16-17H2,2H3. The lowest BCUT2D eigenvalue weighted by Gasteiger charge is -2.39. The van der Waals surface area contributed by atoms with Crippen molar-refractivity contribution in [1.29, 1.82) is 0 Å². The van der Waals surface area contributed by atoms with Crippen LogP contribution in [0.3, 0.4) is 0 Å². The summed E-state index contributed by atoms with van der Waals surface area (Å²) in [5, 5.41) is 0. The Morgan fingerprint density at radius 2 is 1.76 bits per heavy atom. The molecule has 2 aromatic carbocycles. The van der Waals surface area contributed by atoms with Crippen LogP contribution in [0.25, 0.3) is 5.70 Å². The molecule has 2 fully saturated rings. The van der Waals surface area contributed by atoms with Gasteiger partial charge < -0.3 is 14.4 Å². The number of hydrogen-bond donors (Lipinski definition) is 0. The van der Waals surface area contributed by atoms with Crippen molar-refractivity contribution in [2.75, 3.05) is 20.2 Å². The minimum atomic E-state index is -4.77. The van der Waals surface area contributed by atoms with Crippen molar-refractivity contribution in [1.82, 2.24) is 4.90 Å². The number of hydrogen-bond acceptors (Lipinski definition) is 4. The maximum Gasteiger partial charge on any atom is 0.573 e. The number of methoxy groups -OCH3 is 1. The number of likely N-dealkylation sites (tertiary alicyclic amines) is 1. The molecule has 0 radical (unpaired) electrons. The van der Waals surface area contributed by atoms with Gasteiger partial charge in [0, 0.05) is 30.5 Å². The van der Waals surface area contributed by atoms with Gasteiger partial charge in [-0.1, -0.05) is 43.7 Å². The number of carbonyl (C=O) groups excluding carboxylic acids is 1. The molecule has 9 heteroatoms. The Morgan fingerprint density at radius 1 is 1.05 bits per heavy atom. The molecule has 0 N–H and O–H groups in total. The molecule has 2 aromatic rings. The maximum absolute atomic E-state index is 13.7. The molecule has 1 amide bonds. The summed E-state index contributed by atoms with van der Waals surface area (Å²) >= 11 is 0. The van der Waals surface area contributed by atoms with Crippen molar-refractivity contribution in [3.05, 3.63) is 72.1 Å². The molecular formula is C28H30F4N2O3. The van der Waals surface area contributed by atoms with Crippen LogP contribution >= 0.6 is 0 Å². The van der Waals surface area contributed by atoms with Gasteiger partial charge in [-0.3, -0.25) is 4.79 Å². The van der Waals surface area contributed by atoms with Crippen LogP contribution in [0.15, 0.2) is 60.1 Å². The fraction of sp³-hybridized carbons (Fsp3) is 0.429. The first-order valence-electron chi connectivity index (χ1n) is 12.3. The molecule has 0 spiro atoms. The van der Waals surface area contributed by atoms with E-state index in [0.29, 0.717) is 36.7 Å². The van der Waals surface area contributed by atoms with Crippen LogP contribution in [0.5, 0.6) is 5.75 Å². The van der Waals surface area contributed by atoms with Gasteiger partial charge in [0.1, 0.15) is 11.6 Å². The zero-order valence-electron chi connectivity index (χ0n) is 20.6. The predicted molar refractivity (Wildman–Crippen MR) is 132 cm³/mol. The van der Waals surface area contributed by atoms with Gasteiger partial charge in [0.15, 0.2) is 5.90 Å². The third-order valence-corrected chi connectivity index (χ3v) is 7.01. The second-order valence-corrected chi connectivity index (χ2v) is 9.58. The van der Waals surface area contributed by atoms with Gasteiger partial charge in [-0.15, -0.1) is 13.2 Å². The highest BCUT2D eigenvalue weighted by molar-refractivity contribution is 5.86. The Morgan fingerprint density at radius 3 is 2.38 bits per heavy atom. The number of amides is 1. The Balaban J connectivity index is 1.60. The summed E-state index contributed by atoms with van der Waals surface area (Å²) in [6.45, 7) is 4.82. The van der Waals surface area contributed by atoms with E-state index in [1.165, 1.54) is 31.4 Å². The quantitative estimate of drug-likeness (QED) is 0.247. The van der Waals surface area contributed by atoms with E-state index < -0.39 is 12.2 Å². The van der Waals surface area contributed by atoms with Gasteiger partial charge in [0.2, 0.25) is 5.91 Å². The number of nitrogens with zero attached hydrogens (tertiary/aromatic N) is 2. The van der Waals surface area contributed by atoms with Crippen LogP contribution in [0, 0.1) is 17.7 Å². The summed E-state index contributed by atoms with van der Waals surface area (Å²) < 4.78 is 61.1. The first kappa shape index (κ1) is 26.7. The van der Waals surface area contributed by atoms with Crippen molar-refractivity contribution < 1.29 is 31.8 Å². The molecule has 0 aromatic heterocycles. The van der Waals surface area contributed by atoms with Crippen molar-refractivity contribution in [2.45, 2.75) is 44.4 Å². The molecule has 1 saturated carbocycles. The molecule has 5 nitrogen and oxygen atoms in total. The average molecular weight is 519 g/mol. The highest BCUT2D eigenvalue weighted by atomic mass is 19.4. The first-order chi connectivity index (χ1) is 17.6. The van der Waals surface area contributed by atoms with Crippen molar-refractivity contribution >= 4 is 17.5 Å². The molecule has 1 heterocycles. The molecule has 2 unspecified atom stereocenters. The van der Waals surface area contributed by atoms with E-state index in [2.05, 4.69) is 16.3 Å². The molecule has 0 bridgehead atoms. The lowest BCUT2D eigenvalue weighted by molar-refractivity contribution is -0.274. The minimum Gasteiger partial charge on any atom is -0.484 e. The van der Waals surface area contributed by atoms with Crippen LogP contribution in [0.4, 0.5) is 17.6 Å². The third-order valence-electron chi connectivity index (χ3n) is 7.01. The molecule has 1 aliphatic carbocycles. The monoisotopic (exact) mass is 518 g/mol. The van der Waals surface area contributed by atoms with Crippen molar-refractivity contribution in [3.8, 4) is 5.75 Å². The Labute approximate surface area is 213 Å². The number of aliphatic imine (C=N–C) groups is 1. The molecule has 37 heavy (non-hydrogen) atoms. The van der Waals surface area contributed by atoms with E-state index >= 15 is 0 Å². The summed E-state index contributed by atoms with van der Waals surface area (Å²) in [6.07, 6.45) is -0.440. The summed E-state index contributed by atoms with van der Waals surface area (Å²) in [5.74, 6) is -0.682. The molecule has 2 aliphatic rings. The molecule has 198 valence electrons. The van der Waals surface area contributed by atoms with E-state index in [1.807, 2.05) is 4.90 Å². The summed E-state index contributed by atoms with van der Waals surface area (Å²) in [4.78, 5) is 19.7. The summed E-state index contributed by atoms with van der Waals surface area (Å²) in [6, 6.07) is 11.7. The van der Waals surface area contributed by atoms with Gasteiger partial charge in [0.25, 0.3) is 0 Å². The Bertz CT molecular complexity index is 1140. The Kier molecular flexibility index (Phi) is 8.19. The van der Waals surface area contributed by atoms with E-state index in [4.69, 9.17) is 4.74 Å². The van der Waals surface area contributed by atoms with E-state index in [-0.39, 0.29) is 29.4 Å². The van der Waals surface area contributed by atoms with Crippen molar-refractivity contribution in [2.24, 2.45) is 16.8 Å². The molecule has 4 rings (SSSR count). The van der Waals surface area contributed by atoms with Crippen LogP contribution in [0.1, 0.15) is 49.1 Å².